The van der Waals surface area contributed by atoms with Crippen molar-refractivity contribution >= 4 is 62.4 Å². The molecule has 0 saturated carbocycles. The second-order valence-corrected chi connectivity index (χ2v) is 32.4. The molecule has 0 aromatic rings. The van der Waals surface area contributed by atoms with Crippen LogP contribution in [0.5, 0.6) is 0 Å². The number of piperidine rings is 3. The van der Waals surface area contributed by atoms with Crippen LogP contribution in [0.2, 0.25) is 0 Å². The minimum atomic E-state index is -3.13. The van der Waals surface area contributed by atoms with E-state index in [1.165, 1.54) is 43.0 Å². The predicted molar refractivity (Wildman–Crippen MR) is 380 cm³/mol. The fourth-order valence-electron chi connectivity index (χ4n) is 13.6. The maximum atomic E-state index is 12.7. The number of rotatable bonds is 32. The Labute approximate surface area is 579 Å². The van der Waals surface area contributed by atoms with Gasteiger partial charge in [-0.1, -0.05) is 83.1 Å². The largest absolute Gasteiger partial charge is 0.345 e. The third-order valence-electron chi connectivity index (χ3n) is 20.2. The Kier molecular flexibility index (Phi) is 37.2. The molecular weight excluding hydrogens is 1240 g/mol. The quantitative estimate of drug-likeness (QED) is 0.0875. The smallest absolute Gasteiger partial charge is 0.234 e. The van der Waals surface area contributed by atoms with E-state index < -0.39 is 28.1 Å². The van der Waals surface area contributed by atoms with Gasteiger partial charge in [0.2, 0.25) is 27.7 Å². The molecule has 24 nitrogen and oxygen atoms in total. The molecule has 96 heavy (non-hydrogen) atoms. The number of piperazine rings is 2. The van der Waals surface area contributed by atoms with Gasteiger partial charge in [0.25, 0.3) is 0 Å². The average Bonchev–Trinajstić information content (AvgIpc) is 0.954. The van der Waals surface area contributed by atoms with Crippen LogP contribution in [-0.2, 0) is 53.2 Å². The number of hydrogen-bond donors (Lipinski definition) is 3. The average molecular weight is 1370 g/mol. The Bertz CT molecular complexity index is 2550. The molecule has 6 aliphatic rings. The molecule has 3 atom stereocenters. The van der Waals surface area contributed by atoms with Crippen molar-refractivity contribution in [3.05, 3.63) is 0 Å². The van der Waals surface area contributed by atoms with E-state index in [9.17, 15) is 51.6 Å². The summed E-state index contributed by atoms with van der Waals surface area (Å²) < 4.78 is 24.9. The van der Waals surface area contributed by atoms with Crippen LogP contribution < -0.4 is 16.0 Å². The van der Waals surface area contributed by atoms with Crippen molar-refractivity contribution in [1.82, 2.24) is 64.4 Å². The summed E-state index contributed by atoms with van der Waals surface area (Å²) in [6, 6.07) is -0.582. The van der Waals surface area contributed by atoms with Gasteiger partial charge < -0.3 is 30.7 Å². The highest BCUT2D eigenvalue weighted by molar-refractivity contribution is 7.88. The Morgan fingerprint density at radius 2 is 0.698 bits per heavy atom. The van der Waals surface area contributed by atoms with Crippen LogP contribution in [0.4, 0.5) is 0 Å². The lowest BCUT2D eigenvalue weighted by molar-refractivity contribution is -0.133. The molecular formula is C71H131N13O11S. The van der Waals surface area contributed by atoms with Gasteiger partial charge >= 0.3 is 0 Å². The van der Waals surface area contributed by atoms with Crippen molar-refractivity contribution in [3.8, 4) is 0 Å². The first-order valence-electron chi connectivity index (χ1n) is 36.6. The van der Waals surface area contributed by atoms with Crippen LogP contribution in [-0.4, -0.2) is 323 Å². The SMILES string of the molecule is CC(C)C(=O)CC(NC(=O)CN1CCC(N2CCCN(C)CC2)CC1)C(=O)C(C)C.CC(C)C(=O)CC(NC(=O)CN1CCC(N2CCN(CCCN(C)C)CC2)CC1)C(=O)C(C)C.CC(C)C(=O)CC(NC(=O)CN1CCC(N2CCN(S(C)(=O)=O)CC2)CC1)C(=O)C(C)C. The van der Waals surface area contributed by atoms with E-state index in [0.29, 0.717) is 44.3 Å². The number of sulfonamides is 1. The van der Waals surface area contributed by atoms with Crippen molar-refractivity contribution in [1.29, 1.82) is 0 Å². The van der Waals surface area contributed by atoms with Crippen molar-refractivity contribution < 1.29 is 51.6 Å². The van der Waals surface area contributed by atoms with E-state index in [-0.39, 0.29) is 114 Å². The van der Waals surface area contributed by atoms with Gasteiger partial charge in [0, 0.05) is 178 Å². The standard InChI is InChI=1S/C26H49N5O3.C23H42N4O3.C22H40N4O5S/c1-20(2)24(32)18-23(26(34)21(3)4)27-25(33)19-30-12-8-22(9-13-30)31-16-14-29(15-17-31)11-7-10-28(5)6;1-17(2)21(28)15-20(23(30)18(3)4)24-22(29)16-26-11-7-19(8-12-26)27-10-6-9-25(5)13-14-27;1-16(2)20(27)14-19(22(29)17(3)4)23-21(28)15-24-8-6-18(7-9-24)25-10-12-26(13-11-25)32(5,30)31/h20-23H,7-19H2,1-6H3,(H,27,33);17-20H,6-16H2,1-5H3,(H,24,29);16-19H,6-15H2,1-5H3,(H,23,28). The minimum absolute atomic E-state index is 0.0120. The first kappa shape index (κ1) is 84.4. The normalized spacial score (nSPS) is 20.9. The number of nitrogens with one attached hydrogen (secondary N) is 3. The molecule has 0 bridgehead atoms. The van der Waals surface area contributed by atoms with Crippen molar-refractivity contribution in [3.63, 3.8) is 0 Å². The van der Waals surface area contributed by atoms with Crippen molar-refractivity contribution in [2.45, 2.75) is 190 Å². The van der Waals surface area contributed by atoms with Gasteiger partial charge in [-0.3, -0.25) is 72.6 Å². The van der Waals surface area contributed by atoms with Crippen LogP contribution in [0.3, 0.4) is 0 Å². The van der Waals surface area contributed by atoms with Gasteiger partial charge in [0.05, 0.1) is 44.0 Å². The molecule has 3 unspecified atom stereocenters. The Balaban J connectivity index is 0.000000307. The fraction of sp³-hybridized carbons (Fsp3) is 0.873. The second-order valence-electron chi connectivity index (χ2n) is 30.5. The van der Waals surface area contributed by atoms with Gasteiger partial charge in [-0.05, 0) is 98.7 Å². The highest BCUT2D eigenvalue weighted by Gasteiger charge is 2.35. The third-order valence-corrected chi connectivity index (χ3v) is 21.5. The molecule has 552 valence electrons. The number of Topliss-reactive ketones (excluding diaryl/α,β-unsaturated/α-hetero) is 6. The summed E-state index contributed by atoms with van der Waals surface area (Å²) in [4.78, 5) is 133. The molecule has 0 radical (unpaired) electrons. The Morgan fingerprint density at radius 1 is 0.396 bits per heavy atom. The van der Waals surface area contributed by atoms with Crippen LogP contribution in [0, 0.1) is 35.5 Å². The topological polar surface area (TPSA) is 256 Å². The molecule has 6 saturated heterocycles. The van der Waals surface area contributed by atoms with Gasteiger partial charge in [-0.15, -0.1) is 0 Å². The van der Waals surface area contributed by atoms with E-state index in [1.54, 1.807) is 27.7 Å². The number of amides is 3. The fourth-order valence-corrected chi connectivity index (χ4v) is 14.5. The summed E-state index contributed by atoms with van der Waals surface area (Å²) >= 11 is 0. The van der Waals surface area contributed by atoms with E-state index >= 15 is 0 Å². The second kappa shape index (κ2) is 42.3. The molecule has 0 spiro atoms. The zero-order valence-corrected chi connectivity index (χ0v) is 63.2. The molecule has 3 N–H and O–H groups in total. The summed E-state index contributed by atoms with van der Waals surface area (Å²) in [6.45, 7) is 41.7. The van der Waals surface area contributed by atoms with Crippen LogP contribution in [0.25, 0.3) is 0 Å². The Hall–Kier alpha value is -4.02. The number of carbonyl (C=O) groups excluding carboxylic acids is 9. The predicted octanol–water partition coefficient (Wildman–Crippen LogP) is 3.11. The van der Waals surface area contributed by atoms with Crippen LogP contribution >= 0.6 is 0 Å². The monoisotopic (exact) mass is 1370 g/mol. The number of carbonyl (C=O) groups is 9. The number of ketones is 6. The highest BCUT2D eigenvalue weighted by Crippen LogP contribution is 2.23. The van der Waals surface area contributed by atoms with Gasteiger partial charge in [-0.25, -0.2) is 8.42 Å². The van der Waals surface area contributed by atoms with Crippen LogP contribution in [0.15, 0.2) is 0 Å². The molecule has 3 amide bonds. The summed E-state index contributed by atoms with van der Waals surface area (Å²) in [5.41, 5.74) is 0. The lowest BCUT2D eigenvalue weighted by atomic mass is 9.94. The van der Waals surface area contributed by atoms with Crippen LogP contribution in [0.1, 0.15) is 154 Å². The van der Waals surface area contributed by atoms with E-state index in [4.69, 9.17) is 0 Å². The zero-order valence-electron chi connectivity index (χ0n) is 62.3. The number of likely N-dealkylation sites (N-methyl/N-ethyl adjacent to an activating group) is 1. The Morgan fingerprint density at radius 3 is 0.990 bits per heavy atom. The molecule has 25 heteroatoms. The zero-order chi connectivity index (χ0) is 71.6. The molecule has 0 aromatic heterocycles. The number of likely N-dealkylation sites (tertiary alicyclic amines) is 3. The molecule has 6 rings (SSSR count). The summed E-state index contributed by atoms with van der Waals surface area (Å²) in [7, 11) is 3.32. The first-order chi connectivity index (χ1) is 45.1. The molecule has 6 heterocycles. The lowest BCUT2D eigenvalue weighted by Crippen LogP contribution is -2.55. The van der Waals surface area contributed by atoms with Crippen molar-refractivity contribution in [2.24, 2.45) is 35.5 Å². The van der Waals surface area contributed by atoms with Gasteiger partial charge in [-0.2, -0.15) is 4.31 Å². The summed E-state index contributed by atoms with van der Waals surface area (Å²) in [5, 5.41) is 8.52. The molecule has 0 aromatic carbocycles. The molecule has 6 fully saturated rings. The summed E-state index contributed by atoms with van der Waals surface area (Å²) in [6.07, 6.45) is 10.1. The van der Waals surface area contributed by atoms with Gasteiger partial charge in [0.15, 0.2) is 17.3 Å². The maximum absolute atomic E-state index is 12.7. The lowest BCUT2D eigenvalue weighted by Gasteiger charge is -2.42. The highest BCUT2D eigenvalue weighted by atomic mass is 32.2. The maximum Gasteiger partial charge on any atom is 0.234 e. The van der Waals surface area contributed by atoms with Gasteiger partial charge in [0.1, 0.15) is 17.3 Å². The third kappa shape index (κ3) is 30.4. The molecule has 6 aliphatic heterocycles. The minimum Gasteiger partial charge on any atom is -0.345 e. The molecule has 0 aliphatic carbocycles. The number of hydrogen-bond acceptors (Lipinski definition) is 20. The van der Waals surface area contributed by atoms with E-state index in [0.717, 1.165) is 137 Å². The van der Waals surface area contributed by atoms with E-state index in [1.807, 2.05) is 55.4 Å². The summed E-state index contributed by atoms with van der Waals surface area (Å²) in [5.74, 6) is -1.90. The first-order valence-corrected chi connectivity index (χ1v) is 38.4. The van der Waals surface area contributed by atoms with E-state index in [2.05, 4.69) is 81.2 Å². The number of nitrogens with zero attached hydrogens (tertiary/aromatic N) is 10. The van der Waals surface area contributed by atoms with Crippen molar-refractivity contribution in [2.75, 3.05) is 178 Å².